The molecule has 0 bridgehead atoms. The normalized spacial score (nSPS) is 21.1. The predicted molar refractivity (Wildman–Crippen MR) is 97.4 cm³/mol. The summed E-state index contributed by atoms with van der Waals surface area (Å²) in [5, 5.41) is 10.9. The van der Waals surface area contributed by atoms with Crippen molar-refractivity contribution in [3.63, 3.8) is 0 Å². The summed E-state index contributed by atoms with van der Waals surface area (Å²) in [5.74, 6) is 0.0408. The van der Waals surface area contributed by atoms with Crippen molar-refractivity contribution in [3.8, 4) is 0 Å². The summed E-state index contributed by atoms with van der Waals surface area (Å²) in [6.45, 7) is 4.03. The average molecular weight is 337 g/mol. The smallest absolute Gasteiger partial charge is 0.343 e. The molecule has 2 aromatic carbocycles. The zero-order valence-electron chi connectivity index (χ0n) is 14.6. The topological polar surface area (TPSA) is 58.9 Å². The molecule has 1 N–H and O–H groups in total. The number of aliphatic hydroxyl groups is 1. The van der Waals surface area contributed by atoms with Gasteiger partial charge in [-0.25, -0.2) is 9.79 Å². The van der Waals surface area contributed by atoms with Gasteiger partial charge in [0, 0.05) is 12.0 Å². The Balaban J connectivity index is 2.01. The molecule has 2 atom stereocenters. The second-order valence-corrected chi connectivity index (χ2v) is 6.90. The predicted octanol–water partition coefficient (Wildman–Crippen LogP) is 3.38. The number of carbonyl (C=O) groups is 1. The van der Waals surface area contributed by atoms with E-state index in [9.17, 15) is 9.90 Å². The molecule has 0 aromatic heterocycles. The highest BCUT2D eigenvalue weighted by molar-refractivity contribution is 6.08. The van der Waals surface area contributed by atoms with E-state index in [0.29, 0.717) is 12.8 Å². The van der Waals surface area contributed by atoms with Crippen LogP contribution in [0.5, 0.6) is 0 Å². The van der Waals surface area contributed by atoms with Crippen molar-refractivity contribution in [1.29, 1.82) is 0 Å². The summed E-state index contributed by atoms with van der Waals surface area (Å²) in [5.41, 5.74) is 0.388. The van der Waals surface area contributed by atoms with Crippen LogP contribution in [0.15, 0.2) is 65.7 Å². The molecule has 1 aliphatic heterocycles. The van der Waals surface area contributed by atoms with Gasteiger partial charge in [-0.3, -0.25) is 0 Å². The van der Waals surface area contributed by atoms with E-state index in [1.807, 2.05) is 74.5 Å². The van der Waals surface area contributed by atoms with E-state index in [0.717, 1.165) is 11.1 Å². The van der Waals surface area contributed by atoms with Crippen LogP contribution < -0.4 is 0 Å². The van der Waals surface area contributed by atoms with E-state index in [-0.39, 0.29) is 11.8 Å². The molecular formula is C21H23NO3. The Morgan fingerprint density at radius 1 is 1.04 bits per heavy atom. The van der Waals surface area contributed by atoms with Gasteiger partial charge < -0.3 is 9.84 Å². The van der Waals surface area contributed by atoms with E-state index in [2.05, 4.69) is 4.99 Å². The molecule has 25 heavy (non-hydrogen) atoms. The summed E-state index contributed by atoms with van der Waals surface area (Å²) < 4.78 is 5.49. The van der Waals surface area contributed by atoms with E-state index >= 15 is 0 Å². The van der Waals surface area contributed by atoms with Gasteiger partial charge in [-0.2, -0.15) is 0 Å². The standard InChI is InChI=1S/C21H23NO3/c1-15(2)13-18(23)21(14-16-9-5-3-6-10-16)20(24)25-19(22-21)17-11-7-4-8-12-17/h3-12,15,18,23H,13-14H2,1-2H3/t18-,21-/m1/s1. The van der Waals surface area contributed by atoms with Crippen LogP contribution in [0.2, 0.25) is 0 Å². The maximum atomic E-state index is 12.8. The highest BCUT2D eigenvalue weighted by atomic mass is 16.6. The van der Waals surface area contributed by atoms with Crippen molar-refractivity contribution in [3.05, 3.63) is 71.8 Å². The molecule has 0 amide bonds. The lowest BCUT2D eigenvalue weighted by Gasteiger charge is -2.29. The number of rotatable bonds is 6. The second kappa shape index (κ2) is 7.19. The minimum absolute atomic E-state index is 0.242. The summed E-state index contributed by atoms with van der Waals surface area (Å²) in [4.78, 5) is 17.4. The molecule has 4 nitrogen and oxygen atoms in total. The Labute approximate surface area is 148 Å². The molecule has 0 fully saturated rings. The first-order chi connectivity index (χ1) is 12.0. The maximum absolute atomic E-state index is 12.8. The van der Waals surface area contributed by atoms with Gasteiger partial charge in [0.1, 0.15) is 0 Å². The van der Waals surface area contributed by atoms with Gasteiger partial charge in [-0.15, -0.1) is 0 Å². The number of carbonyl (C=O) groups excluding carboxylic acids is 1. The number of hydrogen-bond acceptors (Lipinski definition) is 4. The molecule has 3 rings (SSSR count). The van der Waals surface area contributed by atoms with Gasteiger partial charge in [0.25, 0.3) is 0 Å². The minimum Gasteiger partial charge on any atom is -0.405 e. The molecular weight excluding hydrogens is 314 g/mol. The summed E-state index contributed by atoms with van der Waals surface area (Å²) in [7, 11) is 0. The van der Waals surface area contributed by atoms with Crippen LogP contribution in [0.1, 0.15) is 31.4 Å². The molecule has 0 saturated carbocycles. The Kier molecular flexibility index (Phi) is 5.00. The summed E-state index contributed by atoms with van der Waals surface area (Å²) in [6, 6.07) is 19.0. The zero-order chi connectivity index (χ0) is 17.9. The number of hydrogen-bond donors (Lipinski definition) is 1. The number of nitrogens with zero attached hydrogens (tertiary/aromatic N) is 1. The number of esters is 1. The Hall–Kier alpha value is -2.46. The number of aliphatic imine (C=N–C) groups is 1. The highest BCUT2D eigenvalue weighted by Crippen LogP contribution is 2.33. The molecule has 0 unspecified atom stereocenters. The van der Waals surface area contributed by atoms with Gasteiger partial charge in [0.15, 0.2) is 5.54 Å². The van der Waals surface area contributed by atoms with Crippen LogP contribution in [-0.4, -0.2) is 28.6 Å². The van der Waals surface area contributed by atoms with Gasteiger partial charge >= 0.3 is 5.97 Å². The molecule has 2 aromatic rings. The molecule has 1 aliphatic rings. The molecule has 1 heterocycles. The first-order valence-corrected chi connectivity index (χ1v) is 8.61. The summed E-state index contributed by atoms with van der Waals surface area (Å²) >= 11 is 0. The fourth-order valence-electron chi connectivity index (χ4n) is 3.12. The van der Waals surface area contributed by atoms with E-state index < -0.39 is 17.6 Å². The molecule has 0 radical (unpaired) electrons. The lowest BCUT2D eigenvalue weighted by atomic mass is 9.82. The van der Waals surface area contributed by atoms with Crippen LogP contribution in [-0.2, 0) is 16.0 Å². The van der Waals surface area contributed by atoms with E-state index in [1.165, 1.54) is 0 Å². The third-order valence-corrected chi connectivity index (χ3v) is 4.43. The molecule has 4 heteroatoms. The fraction of sp³-hybridized carbons (Fsp3) is 0.333. The first-order valence-electron chi connectivity index (χ1n) is 8.61. The van der Waals surface area contributed by atoms with E-state index in [4.69, 9.17) is 4.74 Å². The summed E-state index contributed by atoms with van der Waals surface area (Å²) in [6.07, 6.45) is -0.105. The first kappa shape index (κ1) is 17.4. The van der Waals surface area contributed by atoms with E-state index in [1.54, 1.807) is 0 Å². The lowest BCUT2D eigenvalue weighted by molar-refractivity contribution is -0.143. The molecule has 0 aliphatic carbocycles. The minimum atomic E-state index is -1.29. The van der Waals surface area contributed by atoms with Gasteiger partial charge in [0.2, 0.25) is 5.90 Å². The van der Waals surface area contributed by atoms with Crippen molar-refractivity contribution < 1.29 is 14.6 Å². The van der Waals surface area contributed by atoms with Crippen LogP contribution in [0.4, 0.5) is 0 Å². The van der Waals surface area contributed by atoms with Crippen molar-refractivity contribution >= 4 is 11.9 Å². The number of benzene rings is 2. The Bertz CT molecular complexity index is 755. The highest BCUT2D eigenvalue weighted by Gasteiger charge is 2.51. The number of aliphatic hydroxyl groups excluding tert-OH is 1. The largest absolute Gasteiger partial charge is 0.405 e. The third-order valence-electron chi connectivity index (χ3n) is 4.43. The van der Waals surface area contributed by atoms with Crippen molar-refractivity contribution in [2.75, 3.05) is 0 Å². The van der Waals surface area contributed by atoms with Gasteiger partial charge in [0.05, 0.1) is 6.10 Å². The van der Waals surface area contributed by atoms with Gasteiger partial charge in [-0.1, -0.05) is 62.4 Å². The van der Waals surface area contributed by atoms with Crippen molar-refractivity contribution in [1.82, 2.24) is 0 Å². The maximum Gasteiger partial charge on any atom is 0.343 e. The zero-order valence-corrected chi connectivity index (χ0v) is 14.6. The van der Waals surface area contributed by atoms with Crippen LogP contribution in [0, 0.1) is 5.92 Å². The quantitative estimate of drug-likeness (QED) is 0.822. The van der Waals surface area contributed by atoms with Crippen LogP contribution in [0.25, 0.3) is 0 Å². The Morgan fingerprint density at radius 3 is 2.24 bits per heavy atom. The number of cyclic esters (lactones) is 1. The molecule has 0 saturated heterocycles. The monoisotopic (exact) mass is 337 g/mol. The third kappa shape index (κ3) is 3.64. The fourth-order valence-corrected chi connectivity index (χ4v) is 3.12. The lowest BCUT2D eigenvalue weighted by Crippen LogP contribution is -2.48. The van der Waals surface area contributed by atoms with Crippen LogP contribution in [0.3, 0.4) is 0 Å². The van der Waals surface area contributed by atoms with Crippen LogP contribution >= 0.6 is 0 Å². The van der Waals surface area contributed by atoms with Crippen molar-refractivity contribution in [2.24, 2.45) is 10.9 Å². The molecule has 130 valence electrons. The second-order valence-electron chi connectivity index (χ2n) is 6.90. The SMILES string of the molecule is CC(C)C[C@@H](O)[C@@]1(Cc2ccccc2)N=C(c2ccccc2)OC1=O. The molecule has 0 spiro atoms. The number of ether oxygens (including phenoxy) is 1. The Morgan fingerprint density at radius 2 is 1.64 bits per heavy atom. The van der Waals surface area contributed by atoms with Crippen molar-refractivity contribution in [2.45, 2.75) is 38.3 Å². The van der Waals surface area contributed by atoms with Gasteiger partial charge in [-0.05, 0) is 30.0 Å². The average Bonchev–Trinajstić information content (AvgIpc) is 2.94.